The van der Waals surface area contributed by atoms with Crippen molar-refractivity contribution in [1.82, 2.24) is 30.5 Å². The number of likely N-dealkylation sites (tertiary alicyclic amines) is 1. The van der Waals surface area contributed by atoms with Crippen LogP contribution in [0.3, 0.4) is 0 Å². The highest BCUT2D eigenvalue weighted by Crippen LogP contribution is 2.25. The van der Waals surface area contributed by atoms with Gasteiger partial charge < -0.3 is 36.3 Å². The lowest BCUT2D eigenvalue weighted by Gasteiger charge is -2.19. The van der Waals surface area contributed by atoms with Crippen molar-refractivity contribution in [3.63, 3.8) is 0 Å². The van der Waals surface area contributed by atoms with Crippen molar-refractivity contribution < 1.29 is 24.3 Å². The van der Waals surface area contributed by atoms with Gasteiger partial charge in [0.2, 0.25) is 17.7 Å². The second kappa shape index (κ2) is 11.7. The van der Waals surface area contributed by atoms with Gasteiger partial charge in [-0.3, -0.25) is 19.2 Å². The van der Waals surface area contributed by atoms with Crippen LogP contribution >= 0.6 is 0 Å². The Hall–Kier alpha value is -4.19. The summed E-state index contributed by atoms with van der Waals surface area (Å²) >= 11 is 0. The number of nitrogens with two attached hydrogens (primary N) is 1. The van der Waals surface area contributed by atoms with Gasteiger partial charge in [0.1, 0.15) is 0 Å². The zero-order chi connectivity index (χ0) is 26.4. The minimum Gasteiger partial charge on any atom is -0.481 e. The van der Waals surface area contributed by atoms with Gasteiger partial charge >= 0.3 is 5.97 Å². The number of benzene rings is 1. The first-order valence-corrected chi connectivity index (χ1v) is 12.2. The van der Waals surface area contributed by atoms with Crippen molar-refractivity contribution in [2.45, 2.75) is 25.3 Å². The number of imidazole rings is 1. The summed E-state index contributed by atoms with van der Waals surface area (Å²) in [5, 5.41) is 15.8. The van der Waals surface area contributed by atoms with E-state index in [2.05, 4.69) is 25.6 Å². The van der Waals surface area contributed by atoms with E-state index in [-0.39, 0.29) is 24.9 Å². The fourth-order valence-electron chi connectivity index (χ4n) is 4.69. The Kier molecular flexibility index (Phi) is 8.18. The molecule has 0 bridgehead atoms. The van der Waals surface area contributed by atoms with Crippen LogP contribution in [0.5, 0.6) is 0 Å². The molecule has 0 saturated carbocycles. The van der Waals surface area contributed by atoms with E-state index in [1.54, 1.807) is 12.5 Å². The fraction of sp³-hybridized carbons (Fsp3) is 0.400. The molecule has 12 nitrogen and oxygen atoms in total. The number of carbonyl (C=O) groups is 4. The lowest BCUT2D eigenvalue weighted by Crippen LogP contribution is -2.44. The summed E-state index contributed by atoms with van der Waals surface area (Å²) in [7, 11) is 0. The molecule has 3 atom stereocenters. The molecule has 1 aliphatic heterocycles. The number of carboxylic acid groups (broad SMARTS) is 1. The summed E-state index contributed by atoms with van der Waals surface area (Å²) < 4.78 is 0. The Morgan fingerprint density at radius 1 is 1.05 bits per heavy atom. The quantitative estimate of drug-likeness (QED) is 0.206. The van der Waals surface area contributed by atoms with E-state index >= 15 is 0 Å². The SMILES string of the molecule is N[C@@H](CC(=O)O)C(=O)N1C[C@@H](C(=O)NCCc2cnc[nH]2)[C@H](C(=O)NCCc2c[nH]c3ccccc23)C1. The summed E-state index contributed by atoms with van der Waals surface area (Å²) in [6.45, 7) is 0.670. The molecule has 1 aromatic carbocycles. The third-order valence-corrected chi connectivity index (χ3v) is 6.63. The molecule has 0 spiro atoms. The highest BCUT2D eigenvalue weighted by molar-refractivity contribution is 5.92. The molecule has 1 fully saturated rings. The Bertz CT molecular complexity index is 1260. The van der Waals surface area contributed by atoms with Gasteiger partial charge in [-0.05, 0) is 18.1 Å². The maximum Gasteiger partial charge on any atom is 0.305 e. The lowest BCUT2D eigenvalue weighted by molar-refractivity contribution is -0.141. The molecular formula is C25H31N7O5. The van der Waals surface area contributed by atoms with Crippen LogP contribution in [-0.2, 0) is 32.0 Å². The van der Waals surface area contributed by atoms with Crippen LogP contribution in [0.1, 0.15) is 17.7 Å². The molecule has 37 heavy (non-hydrogen) atoms. The Labute approximate surface area is 213 Å². The summed E-state index contributed by atoms with van der Waals surface area (Å²) in [6.07, 6.45) is 5.72. The number of fused-ring (bicyclic) bond motifs is 1. The molecule has 2 aromatic heterocycles. The van der Waals surface area contributed by atoms with Crippen molar-refractivity contribution in [3.8, 4) is 0 Å². The predicted octanol–water partition coefficient (Wildman–Crippen LogP) is -0.215. The van der Waals surface area contributed by atoms with E-state index in [9.17, 15) is 19.2 Å². The molecule has 3 heterocycles. The van der Waals surface area contributed by atoms with Crippen molar-refractivity contribution >= 4 is 34.6 Å². The van der Waals surface area contributed by atoms with Gasteiger partial charge in [0.25, 0.3) is 0 Å². The van der Waals surface area contributed by atoms with Gasteiger partial charge in [0.15, 0.2) is 0 Å². The van der Waals surface area contributed by atoms with Crippen molar-refractivity contribution in [1.29, 1.82) is 0 Å². The Morgan fingerprint density at radius 2 is 1.73 bits per heavy atom. The summed E-state index contributed by atoms with van der Waals surface area (Å²) in [6, 6.07) is 6.64. The molecule has 7 N–H and O–H groups in total. The number of hydrogen-bond acceptors (Lipinski definition) is 6. The molecule has 3 aromatic rings. The number of aromatic amines is 2. The zero-order valence-electron chi connectivity index (χ0n) is 20.3. The van der Waals surface area contributed by atoms with Gasteiger partial charge in [-0.1, -0.05) is 18.2 Å². The first-order chi connectivity index (χ1) is 17.8. The topological polar surface area (TPSA) is 186 Å². The van der Waals surface area contributed by atoms with E-state index in [1.807, 2.05) is 30.5 Å². The highest BCUT2D eigenvalue weighted by atomic mass is 16.4. The average molecular weight is 510 g/mol. The summed E-state index contributed by atoms with van der Waals surface area (Å²) in [5.41, 5.74) is 8.70. The smallest absolute Gasteiger partial charge is 0.305 e. The third-order valence-electron chi connectivity index (χ3n) is 6.63. The highest BCUT2D eigenvalue weighted by Gasteiger charge is 2.44. The molecule has 4 rings (SSSR count). The lowest BCUT2D eigenvalue weighted by atomic mass is 9.94. The zero-order valence-corrected chi connectivity index (χ0v) is 20.3. The number of rotatable bonds is 11. The number of carbonyl (C=O) groups excluding carboxylic acids is 3. The molecular weight excluding hydrogens is 478 g/mol. The average Bonchev–Trinajstić information content (AvgIpc) is 3.63. The minimum atomic E-state index is -1.25. The van der Waals surface area contributed by atoms with Crippen LogP contribution in [0.15, 0.2) is 43.0 Å². The maximum absolute atomic E-state index is 13.2. The van der Waals surface area contributed by atoms with Crippen LogP contribution in [0.25, 0.3) is 10.9 Å². The fourth-order valence-corrected chi connectivity index (χ4v) is 4.69. The van der Waals surface area contributed by atoms with Crippen molar-refractivity contribution in [2.24, 2.45) is 17.6 Å². The number of nitrogens with zero attached hydrogens (tertiary/aromatic N) is 2. The predicted molar refractivity (Wildman–Crippen MR) is 134 cm³/mol. The van der Waals surface area contributed by atoms with Gasteiger partial charge in [-0.25, -0.2) is 4.98 Å². The number of para-hydroxylation sites is 1. The number of nitrogens with one attached hydrogen (secondary N) is 4. The number of hydrogen-bond donors (Lipinski definition) is 6. The number of amides is 3. The number of H-pyrrole nitrogens is 2. The standard InChI is InChI=1S/C25H31N7O5/c26-20(9-22(33)34)25(37)32-12-18(19(13-32)24(36)29-8-6-16-11-27-14-31-16)23(35)28-7-5-15-10-30-21-4-2-1-3-17(15)21/h1-4,10-11,14,18-20,30H,5-9,12-13,26H2,(H,27,31)(H,28,35)(H,29,36)(H,33,34)/t18-,19-,20+/m1/s1. The molecule has 0 aliphatic carbocycles. The monoisotopic (exact) mass is 509 g/mol. The van der Waals surface area contributed by atoms with Crippen LogP contribution < -0.4 is 16.4 Å². The number of aromatic nitrogens is 3. The first kappa shape index (κ1) is 25.9. The van der Waals surface area contributed by atoms with Gasteiger partial charge in [0.05, 0.1) is 30.6 Å². The Morgan fingerprint density at radius 3 is 2.38 bits per heavy atom. The molecule has 0 unspecified atom stereocenters. The number of aliphatic carboxylic acids is 1. The van der Waals surface area contributed by atoms with Crippen molar-refractivity contribution in [3.05, 3.63) is 54.2 Å². The van der Waals surface area contributed by atoms with Crippen LogP contribution in [-0.4, -0.2) is 80.9 Å². The molecule has 0 radical (unpaired) electrons. The van der Waals surface area contributed by atoms with E-state index in [0.29, 0.717) is 25.9 Å². The van der Waals surface area contributed by atoms with Gasteiger partial charge in [-0.15, -0.1) is 0 Å². The number of carboxylic acids is 1. The molecule has 196 valence electrons. The molecule has 3 amide bonds. The minimum absolute atomic E-state index is 0.0102. The second-order valence-electron chi connectivity index (χ2n) is 9.18. The van der Waals surface area contributed by atoms with Crippen LogP contribution in [0.4, 0.5) is 0 Å². The second-order valence-corrected chi connectivity index (χ2v) is 9.18. The molecule has 1 aliphatic rings. The van der Waals surface area contributed by atoms with Gasteiger partial charge in [-0.2, -0.15) is 0 Å². The van der Waals surface area contributed by atoms with Crippen LogP contribution in [0.2, 0.25) is 0 Å². The first-order valence-electron chi connectivity index (χ1n) is 12.2. The third kappa shape index (κ3) is 6.33. The van der Waals surface area contributed by atoms with Crippen LogP contribution in [0, 0.1) is 11.8 Å². The van der Waals surface area contributed by atoms with E-state index in [1.165, 1.54) is 4.90 Å². The van der Waals surface area contributed by atoms with E-state index < -0.39 is 36.2 Å². The largest absolute Gasteiger partial charge is 0.481 e. The molecule has 12 heteroatoms. The maximum atomic E-state index is 13.2. The van der Waals surface area contributed by atoms with Gasteiger partial charge in [0, 0.05) is 61.6 Å². The van der Waals surface area contributed by atoms with E-state index in [4.69, 9.17) is 10.8 Å². The van der Waals surface area contributed by atoms with E-state index in [0.717, 1.165) is 22.2 Å². The summed E-state index contributed by atoms with van der Waals surface area (Å²) in [4.78, 5) is 61.3. The summed E-state index contributed by atoms with van der Waals surface area (Å²) in [5.74, 6) is -4.03. The molecule has 1 saturated heterocycles. The normalized spacial score (nSPS) is 18.0. The Balaban J connectivity index is 1.39. The van der Waals surface area contributed by atoms with Crippen molar-refractivity contribution in [2.75, 3.05) is 26.2 Å².